The summed E-state index contributed by atoms with van der Waals surface area (Å²) in [6.45, 7) is -0.258. The van der Waals surface area contributed by atoms with Crippen molar-refractivity contribution in [2.45, 2.75) is 6.54 Å². The van der Waals surface area contributed by atoms with Crippen molar-refractivity contribution >= 4 is 49.1 Å². The molecular weight excluding hydrogens is 445 g/mol. The van der Waals surface area contributed by atoms with E-state index in [-0.39, 0.29) is 17.8 Å². The summed E-state index contributed by atoms with van der Waals surface area (Å²) in [5, 5.41) is 4.82. The zero-order valence-electron chi connectivity index (χ0n) is 14.4. The molecule has 1 N–H and O–H groups in total. The van der Waals surface area contributed by atoms with Crippen molar-refractivity contribution in [2.75, 3.05) is 5.32 Å². The van der Waals surface area contributed by atoms with Gasteiger partial charge in [-0.15, -0.1) is 11.3 Å². The van der Waals surface area contributed by atoms with Gasteiger partial charge in [0.05, 0.1) is 17.4 Å². The van der Waals surface area contributed by atoms with E-state index >= 15 is 0 Å². The summed E-state index contributed by atoms with van der Waals surface area (Å²) in [6.07, 6.45) is 1.34. The Kier molecular flexibility index (Phi) is 5.06. The minimum atomic E-state index is -0.535. The van der Waals surface area contributed by atoms with E-state index in [0.717, 1.165) is 15.6 Å². The Balaban J connectivity index is 1.67. The molecule has 2 aromatic carbocycles. The third-order valence-electron chi connectivity index (χ3n) is 4.18. The zero-order valence-corrected chi connectivity index (χ0v) is 16.8. The SMILES string of the molecule is O=C(Cn1cnc2scc(-c3ccc(Br)cc3)c2c1=O)Nc1ccccc1F. The van der Waals surface area contributed by atoms with E-state index in [0.29, 0.717) is 10.2 Å². The van der Waals surface area contributed by atoms with Crippen LogP contribution in [0.3, 0.4) is 0 Å². The van der Waals surface area contributed by atoms with Gasteiger partial charge in [-0.1, -0.05) is 40.2 Å². The van der Waals surface area contributed by atoms with Crippen LogP contribution in [-0.2, 0) is 11.3 Å². The summed E-state index contributed by atoms with van der Waals surface area (Å²) in [5.74, 6) is -1.04. The molecule has 0 bridgehead atoms. The fourth-order valence-corrected chi connectivity index (χ4v) is 4.00. The lowest BCUT2D eigenvalue weighted by atomic mass is 10.1. The predicted octanol–water partition coefficient (Wildman–Crippen LogP) is 4.67. The number of benzene rings is 2. The number of carbonyl (C=O) groups is 1. The van der Waals surface area contributed by atoms with E-state index < -0.39 is 11.7 Å². The lowest BCUT2D eigenvalue weighted by Gasteiger charge is -2.08. The summed E-state index contributed by atoms with van der Waals surface area (Å²) in [4.78, 5) is 30.2. The van der Waals surface area contributed by atoms with Gasteiger partial charge < -0.3 is 5.32 Å². The van der Waals surface area contributed by atoms with E-state index in [1.54, 1.807) is 6.07 Å². The zero-order chi connectivity index (χ0) is 19.7. The Hall–Kier alpha value is -2.84. The number of hydrogen-bond acceptors (Lipinski definition) is 4. The fourth-order valence-electron chi connectivity index (χ4n) is 2.83. The average molecular weight is 458 g/mol. The maximum Gasteiger partial charge on any atom is 0.263 e. The maximum atomic E-state index is 13.7. The standard InChI is InChI=1S/C20H13BrFN3O2S/c21-13-7-5-12(6-8-13)14-10-28-19-18(14)20(27)25(11-23-19)9-17(26)24-16-4-2-1-3-15(16)22/h1-8,10-11H,9H2,(H,24,26). The molecule has 5 nitrogen and oxygen atoms in total. The Morgan fingerprint density at radius 2 is 1.93 bits per heavy atom. The molecule has 0 unspecified atom stereocenters. The first-order valence-corrected chi connectivity index (χ1v) is 9.97. The van der Waals surface area contributed by atoms with Crippen LogP contribution < -0.4 is 10.9 Å². The maximum absolute atomic E-state index is 13.7. The molecule has 0 aliphatic rings. The lowest BCUT2D eigenvalue weighted by molar-refractivity contribution is -0.116. The van der Waals surface area contributed by atoms with Crippen LogP contribution in [-0.4, -0.2) is 15.5 Å². The number of rotatable bonds is 4. The number of thiophene rings is 1. The van der Waals surface area contributed by atoms with E-state index in [2.05, 4.69) is 26.2 Å². The van der Waals surface area contributed by atoms with Crippen LogP contribution in [0.5, 0.6) is 0 Å². The van der Waals surface area contributed by atoms with Gasteiger partial charge in [-0.2, -0.15) is 0 Å². The van der Waals surface area contributed by atoms with Gasteiger partial charge in [0.15, 0.2) is 0 Å². The minimum Gasteiger partial charge on any atom is -0.322 e. The summed E-state index contributed by atoms with van der Waals surface area (Å²) in [5.41, 5.74) is 1.42. The van der Waals surface area contributed by atoms with Crippen molar-refractivity contribution in [1.82, 2.24) is 9.55 Å². The molecule has 0 saturated heterocycles. The van der Waals surface area contributed by atoms with Crippen molar-refractivity contribution in [1.29, 1.82) is 0 Å². The number of carbonyl (C=O) groups excluding carboxylic acids is 1. The fraction of sp³-hybridized carbons (Fsp3) is 0.0500. The molecule has 4 rings (SSSR count). The number of halogens is 2. The molecule has 140 valence electrons. The van der Waals surface area contributed by atoms with E-state index in [1.807, 2.05) is 29.6 Å². The van der Waals surface area contributed by atoms with Gasteiger partial charge >= 0.3 is 0 Å². The normalized spacial score (nSPS) is 10.9. The van der Waals surface area contributed by atoms with Gasteiger partial charge in [0.1, 0.15) is 17.2 Å². The molecule has 0 fully saturated rings. The lowest BCUT2D eigenvalue weighted by Crippen LogP contribution is -2.28. The molecule has 0 radical (unpaired) electrons. The molecule has 8 heteroatoms. The second-order valence-electron chi connectivity index (χ2n) is 6.04. The summed E-state index contributed by atoms with van der Waals surface area (Å²) < 4.78 is 15.9. The number of nitrogens with one attached hydrogen (secondary N) is 1. The van der Waals surface area contributed by atoms with Gasteiger partial charge in [0, 0.05) is 15.4 Å². The molecule has 0 atom stereocenters. The van der Waals surface area contributed by atoms with Gasteiger partial charge in [-0.3, -0.25) is 14.2 Å². The van der Waals surface area contributed by atoms with Crippen LogP contribution in [0.2, 0.25) is 0 Å². The smallest absolute Gasteiger partial charge is 0.263 e. The molecule has 0 aliphatic carbocycles. The Morgan fingerprint density at radius 1 is 1.18 bits per heavy atom. The van der Waals surface area contributed by atoms with E-state index in [4.69, 9.17) is 0 Å². The molecule has 28 heavy (non-hydrogen) atoms. The van der Waals surface area contributed by atoms with Crippen LogP contribution in [0.25, 0.3) is 21.3 Å². The topological polar surface area (TPSA) is 64.0 Å². The molecule has 2 aromatic heterocycles. The van der Waals surface area contributed by atoms with Crippen molar-refractivity contribution in [3.8, 4) is 11.1 Å². The number of amides is 1. The molecule has 0 spiro atoms. The first kappa shape index (κ1) is 18.5. The Bertz CT molecular complexity index is 1230. The number of fused-ring (bicyclic) bond motifs is 1. The van der Waals surface area contributed by atoms with E-state index in [1.165, 1.54) is 40.4 Å². The highest BCUT2D eigenvalue weighted by Gasteiger charge is 2.15. The number of hydrogen-bond donors (Lipinski definition) is 1. The molecular formula is C20H13BrFN3O2S. The van der Waals surface area contributed by atoms with Crippen LogP contribution in [0.1, 0.15) is 0 Å². The third-order valence-corrected chi connectivity index (χ3v) is 5.59. The highest BCUT2D eigenvalue weighted by atomic mass is 79.9. The summed E-state index contributed by atoms with van der Waals surface area (Å²) in [6, 6.07) is 13.5. The van der Waals surface area contributed by atoms with Crippen LogP contribution in [0.15, 0.2) is 69.5 Å². The van der Waals surface area contributed by atoms with E-state index in [9.17, 15) is 14.0 Å². The summed E-state index contributed by atoms with van der Waals surface area (Å²) >= 11 is 4.77. The van der Waals surface area contributed by atoms with Gasteiger partial charge in [-0.25, -0.2) is 9.37 Å². The van der Waals surface area contributed by atoms with Gasteiger partial charge in [0.2, 0.25) is 5.91 Å². The molecule has 2 heterocycles. The van der Waals surface area contributed by atoms with Gasteiger partial charge in [-0.05, 0) is 29.8 Å². The molecule has 4 aromatic rings. The molecule has 1 amide bonds. The molecule has 0 aliphatic heterocycles. The number of nitrogens with zero attached hydrogens (tertiary/aromatic N) is 2. The van der Waals surface area contributed by atoms with Crippen LogP contribution in [0.4, 0.5) is 10.1 Å². The first-order chi connectivity index (χ1) is 13.5. The second-order valence-corrected chi connectivity index (χ2v) is 7.82. The predicted molar refractivity (Wildman–Crippen MR) is 112 cm³/mol. The summed E-state index contributed by atoms with van der Waals surface area (Å²) in [7, 11) is 0. The number of aromatic nitrogens is 2. The first-order valence-electron chi connectivity index (χ1n) is 8.30. The van der Waals surface area contributed by atoms with Crippen molar-refractivity contribution in [3.63, 3.8) is 0 Å². The van der Waals surface area contributed by atoms with Crippen molar-refractivity contribution < 1.29 is 9.18 Å². The second kappa shape index (κ2) is 7.65. The highest BCUT2D eigenvalue weighted by molar-refractivity contribution is 9.10. The third kappa shape index (κ3) is 3.61. The molecule has 0 saturated carbocycles. The largest absolute Gasteiger partial charge is 0.322 e. The highest BCUT2D eigenvalue weighted by Crippen LogP contribution is 2.31. The Labute approximate surface area is 171 Å². The van der Waals surface area contributed by atoms with Crippen LogP contribution >= 0.6 is 27.3 Å². The minimum absolute atomic E-state index is 0.0701. The number of para-hydroxylation sites is 1. The van der Waals surface area contributed by atoms with Crippen LogP contribution in [0, 0.1) is 5.82 Å². The monoisotopic (exact) mass is 457 g/mol. The Morgan fingerprint density at radius 3 is 2.68 bits per heavy atom. The quantitative estimate of drug-likeness (QED) is 0.484. The van der Waals surface area contributed by atoms with Crippen molar-refractivity contribution in [3.05, 3.63) is 80.9 Å². The van der Waals surface area contributed by atoms with Crippen molar-refractivity contribution in [2.24, 2.45) is 0 Å². The average Bonchev–Trinajstić information content (AvgIpc) is 3.11. The number of anilines is 1. The van der Waals surface area contributed by atoms with Gasteiger partial charge in [0.25, 0.3) is 5.56 Å².